The molecule has 1 N–H and O–H groups in total. The zero-order chi connectivity index (χ0) is 19.5. The topological polar surface area (TPSA) is 64.4 Å². The van der Waals surface area contributed by atoms with E-state index in [2.05, 4.69) is 26.2 Å². The molecule has 5 nitrogen and oxygen atoms in total. The molecule has 0 aliphatic heterocycles. The number of halogens is 1. The molecular formula is C22H17BrN2O3. The van der Waals surface area contributed by atoms with Crippen molar-refractivity contribution in [3.63, 3.8) is 0 Å². The molecule has 2 aromatic carbocycles. The van der Waals surface area contributed by atoms with Crippen LogP contribution in [0, 0.1) is 0 Å². The highest BCUT2D eigenvalue weighted by atomic mass is 79.9. The lowest BCUT2D eigenvalue weighted by Crippen LogP contribution is -2.16. The van der Waals surface area contributed by atoms with Gasteiger partial charge in [0.2, 0.25) is 0 Å². The van der Waals surface area contributed by atoms with Gasteiger partial charge in [-0.2, -0.15) is 0 Å². The molecule has 0 aliphatic carbocycles. The zero-order valence-corrected chi connectivity index (χ0v) is 16.6. The highest BCUT2D eigenvalue weighted by Gasteiger charge is 2.20. The molecule has 4 aromatic rings. The number of fused-ring (bicyclic) bond motifs is 1. The van der Waals surface area contributed by atoms with Crippen LogP contribution in [0.4, 0.5) is 10.5 Å². The number of rotatable bonds is 4. The summed E-state index contributed by atoms with van der Waals surface area (Å²) in [7, 11) is 0. The number of furan rings is 1. The zero-order valence-electron chi connectivity index (χ0n) is 15.1. The summed E-state index contributed by atoms with van der Waals surface area (Å²) in [6.07, 6.45) is 2.36. The SMILES string of the molecule is CC(OC(=O)Nc1c(-c2ccc(Br)cc2)oc2cnccc12)c1ccccc1. The van der Waals surface area contributed by atoms with Gasteiger partial charge in [-0.05, 0) is 30.7 Å². The molecule has 0 saturated heterocycles. The Morgan fingerprint density at radius 2 is 1.86 bits per heavy atom. The van der Waals surface area contributed by atoms with Crippen LogP contribution in [0.1, 0.15) is 18.6 Å². The van der Waals surface area contributed by atoms with Gasteiger partial charge in [0, 0.05) is 21.6 Å². The first kappa shape index (κ1) is 18.3. The van der Waals surface area contributed by atoms with Gasteiger partial charge in [-0.1, -0.05) is 58.4 Å². The number of nitrogens with zero attached hydrogens (tertiary/aromatic N) is 1. The van der Waals surface area contributed by atoms with Crippen molar-refractivity contribution in [1.82, 2.24) is 4.98 Å². The molecular weight excluding hydrogens is 420 g/mol. The quantitative estimate of drug-likeness (QED) is 0.392. The first-order chi connectivity index (χ1) is 13.6. The second-order valence-electron chi connectivity index (χ2n) is 6.27. The van der Waals surface area contributed by atoms with Crippen molar-refractivity contribution in [3.05, 3.63) is 83.1 Å². The molecule has 0 saturated carbocycles. The van der Waals surface area contributed by atoms with Crippen molar-refractivity contribution in [3.8, 4) is 11.3 Å². The van der Waals surface area contributed by atoms with E-state index in [0.717, 1.165) is 21.0 Å². The number of nitrogens with one attached hydrogen (secondary N) is 1. The Balaban J connectivity index is 1.64. The van der Waals surface area contributed by atoms with Crippen LogP contribution < -0.4 is 5.32 Å². The molecule has 28 heavy (non-hydrogen) atoms. The Kier molecular flexibility index (Phi) is 5.12. The lowest BCUT2D eigenvalue weighted by atomic mass is 10.1. The van der Waals surface area contributed by atoms with Crippen LogP contribution in [-0.4, -0.2) is 11.1 Å². The lowest BCUT2D eigenvalue weighted by Gasteiger charge is -2.14. The molecule has 2 heterocycles. The molecule has 2 aromatic heterocycles. The highest BCUT2D eigenvalue weighted by molar-refractivity contribution is 9.10. The summed E-state index contributed by atoms with van der Waals surface area (Å²) in [5, 5.41) is 3.61. The molecule has 0 aliphatic rings. The van der Waals surface area contributed by atoms with Gasteiger partial charge in [0.15, 0.2) is 11.3 Å². The molecule has 4 rings (SSSR count). The van der Waals surface area contributed by atoms with Gasteiger partial charge >= 0.3 is 6.09 Å². The maximum Gasteiger partial charge on any atom is 0.412 e. The van der Waals surface area contributed by atoms with Crippen LogP contribution in [0.25, 0.3) is 22.3 Å². The lowest BCUT2D eigenvalue weighted by molar-refractivity contribution is 0.121. The van der Waals surface area contributed by atoms with Crippen molar-refractivity contribution in [1.29, 1.82) is 0 Å². The maximum atomic E-state index is 12.6. The number of carbonyl (C=O) groups is 1. The number of carbonyl (C=O) groups excluding carboxylic acids is 1. The maximum absolute atomic E-state index is 12.6. The van der Waals surface area contributed by atoms with Gasteiger partial charge in [0.1, 0.15) is 6.10 Å². The highest BCUT2D eigenvalue weighted by Crippen LogP contribution is 2.38. The number of hydrogen-bond donors (Lipinski definition) is 1. The van der Waals surface area contributed by atoms with E-state index >= 15 is 0 Å². The van der Waals surface area contributed by atoms with Crippen LogP contribution in [0.3, 0.4) is 0 Å². The minimum Gasteiger partial charge on any atom is -0.452 e. The van der Waals surface area contributed by atoms with Crippen LogP contribution in [-0.2, 0) is 4.74 Å². The summed E-state index contributed by atoms with van der Waals surface area (Å²) in [5.74, 6) is 0.555. The Hall–Kier alpha value is -3.12. The first-order valence-electron chi connectivity index (χ1n) is 8.77. The van der Waals surface area contributed by atoms with E-state index in [4.69, 9.17) is 9.15 Å². The van der Waals surface area contributed by atoms with Crippen molar-refractivity contribution in [2.24, 2.45) is 0 Å². The molecule has 6 heteroatoms. The smallest absolute Gasteiger partial charge is 0.412 e. The van der Waals surface area contributed by atoms with E-state index < -0.39 is 6.09 Å². The van der Waals surface area contributed by atoms with Gasteiger partial charge in [-0.15, -0.1) is 0 Å². The number of hydrogen-bond acceptors (Lipinski definition) is 4. The van der Waals surface area contributed by atoms with E-state index in [1.807, 2.05) is 61.5 Å². The minimum absolute atomic E-state index is 0.378. The van der Waals surface area contributed by atoms with Crippen molar-refractivity contribution in [2.75, 3.05) is 5.32 Å². The molecule has 0 bridgehead atoms. The van der Waals surface area contributed by atoms with E-state index in [0.29, 0.717) is 17.0 Å². The summed E-state index contributed by atoms with van der Waals surface area (Å²) in [4.78, 5) is 16.7. The predicted octanol–water partition coefficient (Wildman–Crippen LogP) is 6.57. The fourth-order valence-electron chi connectivity index (χ4n) is 2.96. The molecule has 0 fully saturated rings. The second kappa shape index (κ2) is 7.86. The Bertz CT molecular complexity index is 1110. The average molecular weight is 437 g/mol. The third-order valence-corrected chi connectivity index (χ3v) is 4.91. The van der Waals surface area contributed by atoms with Gasteiger partial charge in [-0.3, -0.25) is 10.3 Å². The average Bonchev–Trinajstić information content (AvgIpc) is 3.07. The van der Waals surface area contributed by atoms with Crippen LogP contribution >= 0.6 is 15.9 Å². The van der Waals surface area contributed by atoms with Crippen LogP contribution in [0.15, 0.2) is 81.9 Å². The molecule has 1 unspecified atom stereocenters. The molecule has 0 spiro atoms. The largest absolute Gasteiger partial charge is 0.452 e. The Labute approximate surface area is 170 Å². The third kappa shape index (κ3) is 3.77. The summed E-state index contributed by atoms with van der Waals surface area (Å²) in [5.41, 5.74) is 2.91. The van der Waals surface area contributed by atoms with Crippen molar-refractivity contribution < 1.29 is 13.9 Å². The van der Waals surface area contributed by atoms with Gasteiger partial charge < -0.3 is 9.15 Å². The van der Waals surface area contributed by atoms with E-state index in [9.17, 15) is 4.79 Å². The summed E-state index contributed by atoms with van der Waals surface area (Å²) >= 11 is 3.43. The number of amides is 1. The summed E-state index contributed by atoms with van der Waals surface area (Å²) < 4.78 is 12.5. The number of ether oxygens (including phenoxy) is 1. The normalized spacial score (nSPS) is 11.9. The number of pyridine rings is 1. The van der Waals surface area contributed by atoms with Crippen LogP contribution in [0.2, 0.25) is 0 Å². The Morgan fingerprint density at radius 1 is 1.11 bits per heavy atom. The van der Waals surface area contributed by atoms with Crippen molar-refractivity contribution in [2.45, 2.75) is 13.0 Å². The number of anilines is 1. The molecule has 140 valence electrons. The third-order valence-electron chi connectivity index (χ3n) is 4.38. The molecule has 1 atom stereocenters. The van der Waals surface area contributed by atoms with Gasteiger partial charge in [-0.25, -0.2) is 4.79 Å². The first-order valence-corrected chi connectivity index (χ1v) is 9.56. The van der Waals surface area contributed by atoms with E-state index in [1.165, 1.54) is 0 Å². The fourth-order valence-corrected chi connectivity index (χ4v) is 3.23. The van der Waals surface area contributed by atoms with E-state index in [-0.39, 0.29) is 6.10 Å². The predicted molar refractivity (Wildman–Crippen MR) is 112 cm³/mol. The molecule has 0 radical (unpaired) electrons. The van der Waals surface area contributed by atoms with Gasteiger partial charge in [0.05, 0.1) is 11.9 Å². The standard InChI is InChI=1S/C22H17BrN2O3/c1-14(15-5-3-2-4-6-15)27-22(26)25-20-18-11-12-24-13-19(18)28-21(20)16-7-9-17(23)10-8-16/h2-14H,1H3,(H,25,26). The summed E-state index contributed by atoms with van der Waals surface area (Å²) in [6.45, 7) is 1.84. The monoisotopic (exact) mass is 436 g/mol. The minimum atomic E-state index is -0.547. The summed E-state index contributed by atoms with van der Waals surface area (Å²) in [6, 6.07) is 19.1. The van der Waals surface area contributed by atoms with Crippen LogP contribution in [0.5, 0.6) is 0 Å². The Morgan fingerprint density at radius 3 is 2.61 bits per heavy atom. The number of benzene rings is 2. The fraction of sp³-hybridized carbons (Fsp3) is 0.0909. The van der Waals surface area contributed by atoms with Gasteiger partial charge in [0.25, 0.3) is 0 Å². The van der Waals surface area contributed by atoms with E-state index in [1.54, 1.807) is 18.5 Å². The molecule has 1 amide bonds. The second-order valence-corrected chi connectivity index (χ2v) is 7.18. The number of aromatic nitrogens is 1. The van der Waals surface area contributed by atoms with Crippen molar-refractivity contribution >= 4 is 38.7 Å².